The predicted molar refractivity (Wildman–Crippen MR) is 80.8 cm³/mol. The van der Waals surface area contributed by atoms with E-state index in [9.17, 15) is 9.59 Å². The fourth-order valence-corrected chi connectivity index (χ4v) is 1.83. The maximum atomic E-state index is 11.5. The lowest BCUT2D eigenvalue weighted by molar-refractivity contribution is -0.150. The summed E-state index contributed by atoms with van der Waals surface area (Å²) in [6.45, 7) is 4.80. The van der Waals surface area contributed by atoms with Crippen molar-refractivity contribution in [1.29, 1.82) is 0 Å². The van der Waals surface area contributed by atoms with Crippen LogP contribution in [0.15, 0.2) is 18.2 Å². The molecular weight excluding hydrogens is 317 g/mol. The van der Waals surface area contributed by atoms with E-state index in [0.29, 0.717) is 15.8 Å². The van der Waals surface area contributed by atoms with E-state index in [2.05, 4.69) is 5.32 Å². The molecule has 0 spiro atoms. The van der Waals surface area contributed by atoms with Crippen LogP contribution in [-0.4, -0.2) is 30.6 Å². The molecule has 0 bridgehead atoms. The summed E-state index contributed by atoms with van der Waals surface area (Å²) < 4.78 is 9.98. The monoisotopic (exact) mass is 333 g/mol. The minimum Gasteiger partial charge on any atom is -0.480 e. The molecule has 1 aromatic rings. The molecule has 1 aromatic carbocycles. The van der Waals surface area contributed by atoms with Gasteiger partial charge in [-0.15, -0.1) is 0 Å². The van der Waals surface area contributed by atoms with Crippen LogP contribution in [0.4, 0.5) is 0 Å². The van der Waals surface area contributed by atoms with Gasteiger partial charge >= 0.3 is 5.97 Å². The van der Waals surface area contributed by atoms with E-state index in [0.717, 1.165) is 0 Å². The first-order valence-electron chi connectivity index (χ1n) is 6.22. The minimum atomic E-state index is -0.662. The van der Waals surface area contributed by atoms with Crippen LogP contribution in [-0.2, 0) is 14.3 Å². The molecule has 5 nitrogen and oxygen atoms in total. The largest absolute Gasteiger partial charge is 0.480 e. The highest BCUT2D eigenvalue weighted by molar-refractivity contribution is 6.35. The summed E-state index contributed by atoms with van der Waals surface area (Å²) in [7, 11) is 0. The molecule has 0 unspecified atom stereocenters. The van der Waals surface area contributed by atoms with E-state index >= 15 is 0 Å². The average molecular weight is 334 g/mol. The van der Waals surface area contributed by atoms with Gasteiger partial charge in [-0.2, -0.15) is 0 Å². The summed E-state index contributed by atoms with van der Waals surface area (Å²) in [4.78, 5) is 22.9. The van der Waals surface area contributed by atoms with Crippen LogP contribution in [0.5, 0.6) is 5.75 Å². The lowest BCUT2D eigenvalue weighted by atomic mass is 10.1. The Balaban J connectivity index is 2.36. The van der Waals surface area contributed by atoms with Gasteiger partial charge in [0.1, 0.15) is 5.75 Å². The fraction of sp³-hybridized carbons (Fsp3) is 0.429. The highest BCUT2D eigenvalue weighted by Gasteiger charge is 2.15. The Hall–Kier alpha value is -1.46. The standard InChI is InChI=1S/C14H17Cl2NO4/c1-14(2,3)17-12(18)7-21-13(19)8-20-11-5-4-9(15)6-10(11)16/h4-6H,7-8H2,1-3H3,(H,17,18). The highest BCUT2D eigenvalue weighted by atomic mass is 35.5. The zero-order valence-electron chi connectivity index (χ0n) is 12.0. The Morgan fingerprint density at radius 3 is 2.43 bits per heavy atom. The molecule has 0 atom stereocenters. The summed E-state index contributed by atoms with van der Waals surface area (Å²) in [5, 5.41) is 3.43. The van der Waals surface area contributed by atoms with Gasteiger partial charge in [-0.1, -0.05) is 23.2 Å². The van der Waals surface area contributed by atoms with Crippen molar-refractivity contribution in [2.45, 2.75) is 26.3 Å². The Morgan fingerprint density at radius 2 is 1.86 bits per heavy atom. The van der Waals surface area contributed by atoms with E-state index < -0.39 is 5.97 Å². The van der Waals surface area contributed by atoms with E-state index in [1.165, 1.54) is 6.07 Å². The van der Waals surface area contributed by atoms with Crippen LogP contribution in [0, 0.1) is 0 Å². The maximum Gasteiger partial charge on any atom is 0.344 e. The van der Waals surface area contributed by atoms with Crippen LogP contribution in [0.25, 0.3) is 0 Å². The van der Waals surface area contributed by atoms with Crippen molar-refractivity contribution in [2.24, 2.45) is 0 Å². The van der Waals surface area contributed by atoms with Gasteiger partial charge in [0, 0.05) is 10.6 Å². The number of carbonyl (C=O) groups excluding carboxylic acids is 2. The number of rotatable bonds is 5. The number of ether oxygens (including phenoxy) is 2. The van der Waals surface area contributed by atoms with E-state index in [1.807, 2.05) is 20.8 Å². The van der Waals surface area contributed by atoms with Crippen molar-refractivity contribution in [3.8, 4) is 5.75 Å². The van der Waals surface area contributed by atoms with Gasteiger partial charge in [0.05, 0.1) is 5.02 Å². The molecule has 0 aromatic heterocycles. The number of hydrogen-bond acceptors (Lipinski definition) is 4. The summed E-state index contributed by atoms with van der Waals surface area (Å²) in [5.41, 5.74) is -0.378. The number of hydrogen-bond donors (Lipinski definition) is 1. The van der Waals surface area contributed by atoms with E-state index in [1.54, 1.807) is 12.1 Å². The first-order chi connectivity index (χ1) is 9.67. The molecule has 0 aliphatic rings. The molecule has 0 heterocycles. The van der Waals surface area contributed by atoms with Gasteiger partial charge in [-0.3, -0.25) is 4.79 Å². The number of nitrogens with one attached hydrogen (secondary N) is 1. The Bertz CT molecular complexity index is 526. The highest BCUT2D eigenvalue weighted by Crippen LogP contribution is 2.27. The summed E-state index contributed by atoms with van der Waals surface area (Å²) in [5.74, 6) is -0.720. The van der Waals surface area contributed by atoms with Crippen molar-refractivity contribution in [2.75, 3.05) is 13.2 Å². The van der Waals surface area contributed by atoms with Crippen LogP contribution in [0.3, 0.4) is 0 Å². The van der Waals surface area contributed by atoms with Gasteiger partial charge in [0.25, 0.3) is 5.91 Å². The number of benzene rings is 1. The van der Waals surface area contributed by atoms with E-state index in [-0.39, 0.29) is 24.7 Å². The topological polar surface area (TPSA) is 64.6 Å². The third kappa shape index (κ3) is 7.20. The molecule has 0 aliphatic heterocycles. The molecule has 0 radical (unpaired) electrons. The van der Waals surface area contributed by atoms with Gasteiger partial charge in [0.2, 0.25) is 0 Å². The van der Waals surface area contributed by atoms with Crippen LogP contribution in [0.2, 0.25) is 10.0 Å². The van der Waals surface area contributed by atoms with Gasteiger partial charge in [-0.05, 0) is 39.0 Å². The molecular formula is C14H17Cl2NO4. The number of halogens is 2. The SMILES string of the molecule is CC(C)(C)NC(=O)COC(=O)COc1ccc(Cl)cc1Cl. The Morgan fingerprint density at radius 1 is 1.19 bits per heavy atom. The van der Waals surface area contributed by atoms with Crippen LogP contribution in [0.1, 0.15) is 20.8 Å². The van der Waals surface area contributed by atoms with Crippen molar-refractivity contribution in [3.63, 3.8) is 0 Å². The smallest absolute Gasteiger partial charge is 0.344 e. The second kappa shape index (κ2) is 7.52. The molecule has 0 saturated carbocycles. The first-order valence-corrected chi connectivity index (χ1v) is 6.97. The van der Waals surface area contributed by atoms with E-state index in [4.69, 9.17) is 32.7 Å². The molecule has 1 rings (SSSR count). The Labute approximate surface area is 133 Å². The molecule has 0 aliphatic carbocycles. The third-order valence-electron chi connectivity index (χ3n) is 2.12. The average Bonchev–Trinajstić information content (AvgIpc) is 2.33. The Kier molecular flexibility index (Phi) is 6.30. The molecule has 0 saturated heterocycles. The third-order valence-corrected chi connectivity index (χ3v) is 2.65. The van der Waals surface area contributed by atoms with Crippen molar-refractivity contribution < 1.29 is 19.1 Å². The quantitative estimate of drug-likeness (QED) is 0.841. The van der Waals surface area contributed by atoms with Crippen LogP contribution >= 0.6 is 23.2 Å². The minimum absolute atomic E-state index is 0.292. The second-order valence-electron chi connectivity index (χ2n) is 5.32. The summed E-state index contributed by atoms with van der Waals surface area (Å²) >= 11 is 11.6. The van der Waals surface area contributed by atoms with Gasteiger partial charge in [-0.25, -0.2) is 4.79 Å². The first kappa shape index (κ1) is 17.6. The zero-order chi connectivity index (χ0) is 16.0. The van der Waals surface area contributed by atoms with Crippen molar-refractivity contribution in [1.82, 2.24) is 5.32 Å². The van der Waals surface area contributed by atoms with Crippen molar-refractivity contribution >= 4 is 35.1 Å². The molecule has 0 fully saturated rings. The molecule has 1 N–H and O–H groups in total. The maximum absolute atomic E-state index is 11.5. The van der Waals surface area contributed by atoms with Gasteiger partial charge in [0.15, 0.2) is 13.2 Å². The molecule has 116 valence electrons. The predicted octanol–water partition coefficient (Wildman–Crippen LogP) is 2.83. The lowest BCUT2D eigenvalue weighted by Gasteiger charge is -2.20. The van der Waals surface area contributed by atoms with Gasteiger partial charge < -0.3 is 14.8 Å². The summed E-state index contributed by atoms with van der Waals surface area (Å²) in [6, 6.07) is 4.63. The summed E-state index contributed by atoms with van der Waals surface area (Å²) in [6.07, 6.45) is 0. The zero-order valence-corrected chi connectivity index (χ0v) is 13.5. The number of esters is 1. The fourth-order valence-electron chi connectivity index (χ4n) is 1.37. The molecule has 7 heteroatoms. The molecule has 21 heavy (non-hydrogen) atoms. The van der Waals surface area contributed by atoms with Crippen molar-refractivity contribution in [3.05, 3.63) is 28.2 Å². The van der Waals surface area contributed by atoms with Crippen LogP contribution < -0.4 is 10.1 Å². The number of carbonyl (C=O) groups is 2. The number of amides is 1. The normalized spacial score (nSPS) is 10.9. The molecule has 1 amide bonds. The lowest BCUT2D eigenvalue weighted by Crippen LogP contribution is -2.43. The second-order valence-corrected chi connectivity index (χ2v) is 6.17.